The van der Waals surface area contributed by atoms with Gasteiger partial charge in [0.15, 0.2) is 0 Å². The monoisotopic (exact) mass is 332 g/mol. The highest BCUT2D eigenvalue weighted by molar-refractivity contribution is 7.80. The van der Waals surface area contributed by atoms with E-state index in [1.54, 1.807) is 25.2 Å². The second-order valence-corrected chi connectivity index (χ2v) is 5.51. The van der Waals surface area contributed by atoms with E-state index in [1.807, 2.05) is 19.1 Å². The van der Waals surface area contributed by atoms with Gasteiger partial charge in [-0.25, -0.2) is 4.79 Å². The fraction of sp³-hybridized carbons (Fsp3) is 0.188. The summed E-state index contributed by atoms with van der Waals surface area (Å²) in [5.74, 6) is 0. The third kappa shape index (κ3) is 4.23. The number of carbonyl (C=O) groups is 1. The first-order valence-corrected chi connectivity index (χ1v) is 7.26. The van der Waals surface area contributed by atoms with Crippen LogP contribution in [0, 0.1) is 17.0 Å². The fourth-order valence-electron chi connectivity index (χ4n) is 1.97. The van der Waals surface area contributed by atoms with Crippen LogP contribution in [-0.2, 0) is 11.3 Å². The second-order valence-electron chi connectivity index (χ2n) is 5.03. The highest BCUT2D eigenvalue weighted by Crippen LogP contribution is 2.25. The lowest BCUT2D eigenvalue weighted by molar-refractivity contribution is -0.384. The summed E-state index contributed by atoms with van der Waals surface area (Å²) in [5.41, 5.74) is 2.36. The molecule has 0 atom stereocenters. The summed E-state index contributed by atoms with van der Waals surface area (Å²) in [5, 5.41) is 10.6. The number of amides is 1. The second kappa shape index (κ2) is 7.15. The number of aryl methyl sites for hydroxylation is 1. The molecule has 0 saturated carbocycles. The van der Waals surface area contributed by atoms with Gasteiger partial charge >= 0.3 is 6.09 Å². The van der Waals surface area contributed by atoms with Crippen LogP contribution in [0.1, 0.15) is 11.1 Å². The largest absolute Gasteiger partial charge is 0.444 e. The van der Waals surface area contributed by atoms with Crippen LogP contribution in [0.5, 0.6) is 0 Å². The molecule has 23 heavy (non-hydrogen) atoms. The van der Waals surface area contributed by atoms with E-state index in [2.05, 4.69) is 12.6 Å². The molecule has 6 nitrogen and oxygen atoms in total. The van der Waals surface area contributed by atoms with Crippen molar-refractivity contribution in [3.05, 3.63) is 63.7 Å². The Morgan fingerprint density at radius 3 is 2.48 bits per heavy atom. The van der Waals surface area contributed by atoms with E-state index in [-0.39, 0.29) is 12.3 Å². The number of rotatable bonds is 4. The summed E-state index contributed by atoms with van der Waals surface area (Å²) in [4.78, 5) is 24.2. The Bertz CT molecular complexity index is 731. The highest BCUT2D eigenvalue weighted by atomic mass is 32.1. The Morgan fingerprint density at radius 1 is 1.26 bits per heavy atom. The van der Waals surface area contributed by atoms with Crippen LogP contribution in [0.3, 0.4) is 0 Å². The van der Waals surface area contributed by atoms with Gasteiger partial charge < -0.3 is 4.74 Å². The Hall–Kier alpha value is -2.54. The van der Waals surface area contributed by atoms with Gasteiger partial charge in [-0.3, -0.25) is 15.0 Å². The average Bonchev–Trinajstić information content (AvgIpc) is 2.52. The molecule has 0 aliphatic heterocycles. The van der Waals surface area contributed by atoms with Gasteiger partial charge in [-0.1, -0.05) is 6.07 Å². The van der Waals surface area contributed by atoms with Crippen LogP contribution in [0.2, 0.25) is 0 Å². The molecule has 0 aromatic heterocycles. The summed E-state index contributed by atoms with van der Waals surface area (Å²) >= 11 is 4.36. The number of ether oxygens (including phenoxy) is 1. The third-order valence-corrected chi connectivity index (χ3v) is 3.63. The zero-order chi connectivity index (χ0) is 17.0. The minimum atomic E-state index is -0.525. The van der Waals surface area contributed by atoms with Crippen LogP contribution in [0.25, 0.3) is 0 Å². The first-order valence-electron chi connectivity index (χ1n) is 6.82. The summed E-state index contributed by atoms with van der Waals surface area (Å²) in [6, 6.07) is 11.4. The SMILES string of the molecule is Cc1ccc(N(C)C(=O)OCc2ccc([N+](=O)[O-])cc2)c(S)c1. The topological polar surface area (TPSA) is 72.7 Å². The molecule has 2 rings (SSSR count). The minimum absolute atomic E-state index is 0.00318. The zero-order valence-electron chi connectivity index (χ0n) is 12.7. The number of nitrogens with zero attached hydrogens (tertiary/aromatic N) is 2. The Labute approximate surface area is 139 Å². The highest BCUT2D eigenvalue weighted by Gasteiger charge is 2.15. The maximum atomic E-state index is 12.1. The maximum absolute atomic E-state index is 12.1. The van der Waals surface area contributed by atoms with Crippen molar-refractivity contribution in [1.29, 1.82) is 0 Å². The van der Waals surface area contributed by atoms with Gasteiger partial charge in [0.1, 0.15) is 6.61 Å². The van der Waals surface area contributed by atoms with Crippen molar-refractivity contribution in [3.63, 3.8) is 0 Å². The van der Waals surface area contributed by atoms with Gasteiger partial charge in [-0.2, -0.15) is 0 Å². The van der Waals surface area contributed by atoms with Crippen molar-refractivity contribution in [2.45, 2.75) is 18.4 Å². The molecular formula is C16H16N2O4S. The fourth-order valence-corrected chi connectivity index (χ4v) is 2.40. The molecule has 0 unspecified atom stereocenters. The molecule has 1 amide bonds. The normalized spacial score (nSPS) is 10.2. The standard InChI is InChI=1S/C16H16N2O4S/c1-11-3-8-14(15(23)9-11)17(2)16(19)22-10-12-4-6-13(7-5-12)18(20)21/h3-9,23H,10H2,1-2H3. The number of carbonyl (C=O) groups excluding carboxylic acids is 1. The summed E-state index contributed by atoms with van der Waals surface area (Å²) in [6.07, 6.45) is -0.525. The van der Waals surface area contributed by atoms with E-state index < -0.39 is 11.0 Å². The van der Waals surface area contributed by atoms with Gasteiger partial charge in [-0.05, 0) is 42.3 Å². The van der Waals surface area contributed by atoms with Crippen molar-refractivity contribution >= 4 is 30.1 Å². The van der Waals surface area contributed by atoms with Crippen LogP contribution in [-0.4, -0.2) is 18.1 Å². The minimum Gasteiger partial charge on any atom is -0.444 e. The van der Waals surface area contributed by atoms with Crippen LogP contribution in [0.15, 0.2) is 47.4 Å². The van der Waals surface area contributed by atoms with Crippen LogP contribution < -0.4 is 4.90 Å². The van der Waals surface area contributed by atoms with E-state index in [0.29, 0.717) is 16.1 Å². The van der Waals surface area contributed by atoms with Gasteiger partial charge in [0.25, 0.3) is 5.69 Å². The molecule has 0 spiro atoms. The number of thiol groups is 1. The van der Waals surface area contributed by atoms with E-state index in [1.165, 1.54) is 17.0 Å². The van der Waals surface area contributed by atoms with Crippen molar-refractivity contribution < 1.29 is 14.5 Å². The summed E-state index contributed by atoms with van der Waals surface area (Å²) in [7, 11) is 1.60. The van der Waals surface area contributed by atoms with Crippen LogP contribution in [0.4, 0.5) is 16.2 Å². The number of anilines is 1. The number of hydrogen-bond donors (Lipinski definition) is 1. The van der Waals surface area contributed by atoms with Crippen LogP contribution >= 0.6 is 12.6 Å². The molecule has 0 fully saturated rings. The number of non-ortho nitro benzene ring substituents is 1. The lowest BCUT2D eigenvalue weighted by atomic mass is 10.2. The first-order chi connectivity index (χ1) is 10.9. The lowest BCUT2D eigenvalue weighted by Crippen LogP contribution is -2.27. The molecule has 0 heterocycles. The average molecular weight is 332 g/mol. The number of nitro groups is 1. The number of hydrogen-bond acceptors (Lipinski definition) is 5. The molecule has 0 bridgehead atoms. The third-order valence-electron chi connectivity index (χ3n) is 3.28. The Kier molecular flexibility index (Phi) is 5.23. The molecule has 0 N–H and O–H groups in total. The molecule has 0 saturated heterocycles. The number of benzene rings is 2. The molecule has 7 heteroatoms. The van der Waals surface area contributed by atoms with Gasteiger partial charge in [0.2, 0.25) is 0 Å². The molecule has 0 radical (unpaired) electrons. The van der Waals surface area contributed by atoms with Crippen molar-refractivity contribution in [1.82, 2.24) is 0 Å². The molecule has 2 aromatic carbocycles. The molecule has 0 aliphatic rings. The summed E-state index contributed by atoms with van der Waals surface area (Å²) < 4.78 is 5.21. The Balaban J connectivity index is 1.99. The van der Waals surface area contributed by atoms with Crippen molar-refractivity contribution in [2.75, 3.05) is 11.9 Å². The first kappa shape index (κ1) is 16.8. The van der Waals surface area contributed by atoms with E-state index in [4.69, 9.17) is 4.74 Å². The van der Waals surface area contributed by atoms with E-state index >= 15 is 0 Å². The quantitative estimate of drug-likeness (QED) is 0.522. The predicted molar refractivity (Wildman–Crippen MR) is 90.1 cm³/mol. The Morgan fingerprint density at radius 2 is 1.91 bits per heavy atom. The summed E-state index contributed by atoms with van der Waals surface area (Å²) in [6.45, 7) is 1.98. The van der Waals surface area contributed by atoms with Gasteiger partial charge in [0, 0.05) is 24.1 Å². The smallest absolute Gasteiger partial charge is 0.414 e. The zero-order valence-corrected chi connectivity index (χ0v) is 13.6. The number of nitro benzene ring substituents is 1. The molecule has 2 aromatic rings. The lowest BCUT2D eigenvalue weighted by Gasteiger charge is -2.19. The van der Waals surface area contributed by atoms with Crippen molar-refractivity contribution in [2.24, 2.45) is 0 Å². The van der Waals surface area contributed by atoms with E-state index in [9.17, 15) is 14.9 Å². The molecular weight excluding hydrogens is 316 g/mol. The predicted octanol–water partition coefficient (Wildman–Crippen LogP) is 3.96. The maximum Gasteiger partial charge on any atom is 0.414 e. The molecule has 0 aliphatic carbocycles. The van der Waals surface area contributed by atoms with Crippen molar-refractivity contribution in [3.8, 4) is 0 Å². The van der Waals surface area contributed by atoms with Gasteiger partial charge in [-0.15, -0.1) is 12.6 Å². The molecule has 120 valence electrons. The van der Waals surface area contributed by atoms with Gasteiger partial charge in [0.05, 0.1) is 10.6 Å². The van der Waals surface area contributed by atoms with E-state index in [0.717, 1.165) is 5.56 Å².